The van der Waals surface area contributed by atoms with E-state index in [4.69, 9.17) is 0 Å². The molecule has 1 saturated heterocycles. The van der Waals surface area contributed by atoms with Gasteiger partial charge in [-0.15, -0.1) is 0 Å². The fourth-order valence-electron chi connectivity index (χ4n) is 3.74. The van der Waals surface area contributed by atoms with Gasteiger partial charge in [0, 0.05) is 30.0 Å². The lowest BCUT2D eigenvalue weighted by atomic mass is 9.96. The number of benzene rings is 1. The zero-order chi connectivity index (χ0) is 19.3. The van der Waals surface area contributed by atoms with E-state index in [9.17, 15) is 13.2 Å². The molecule has 7 heteroatoms. The molecule has 148 valence electrons. The highest BCUT2D eigenvalue weighted by molar-refractivity contribution is 9.10. The highest BCUT2D eigenvalue weighted by Crippen LogP contribution is 2.23. The van der Waals surface area contributed by atoms with Gasteiger partial charge in [-0.25, -0.2) is 12.7 Å². The molecule has 3 rings (SSSR count). The van der Waals surface area contributed by atoms with Gasteiger partial charge in [0.15, 0.2) is 0 Å². The molecule has 0 atom stereocenters. The summed E-state index contributed by atoms with van der Waals surface area (Å²) in [5.41, 5.74) is 2.09. The third-order valence-electron chi connectivity index (χ3n) is 5.33. The summed E-state index contributed by atoms with van der Waals surface area (Å²) in [6.45, 7) is 1.47. The van der Waals surface area contributed by atoms with Crippen molar-refractivity contribution in [2.45, 2.75) is 44.3 Å². The van der Waals surface area contributed by atoms with Gasteiger partial charge in [-0.05, 0) is 56.2 Å². The van der Waals surface area contributed by atoms with Gasteiger partial charge in [-0.3, -0.25) is 4.79 Å². The van der Waals surface area contributed by atoms with Crippen LogP contribution < -0.4 is 5.32 Å². The Morgan fingerprint density at radius 3 is 2.67 bits per heavy atom. The predicted octanol–water partition coefficient (Wildman–Crippen LogP) is 3.61. The molecule has 0 bridgehead atoms. The molecule has 27 heavy (non-hydrogen) atoms. The van der Waals surface area contributed by atoms with Gasteiger partial charge in [0.1, 0.15) is 0 Å². The van der Waals surface area contributed by atoms with E-state index in [1.165, 1.54) is 22.7 Å². The van der Waals surface area contributed by atoms with E-state index in [1.54, 1.807) is 0 Å². The number of allylic oxidation sites excluding steroid dienone is 1. The van der Waals surface area contributed by atoms with Crippen LogP contribution in [0.5, 0.6) is 0 Å². The molecule has 1 fully saturated rings. The first-order chi connectivity index (χ1) is 12.9. The van der Waals surface area contributed by atoms with Crippen molar-refractivity contribution in [3.05, 3.63) is 46.0 Å². The van der Waals surface area contributed by atoms with Crippen LogP contribution in [0.4, 0.5) is 0 Å². The van der Waals surface area contributed by atoms with E-state index in [2.05, 4.69) is 27.3 Å². The Balaban J connectivity index is 1.48. The maximum atomic E-state index is 12.7. The van der Waals surface area contributed by atoms with Crippen LogP contribution in [-0.2, 0) is 20.6 Å². The minimum atomic E-state index is -3.36. The number of piperidine rings is 1. The zero-order valence-corrected chi connectivity index (χ0v) is 17.9. The second-order valence-corrected chi connectivity index (χ2v) is 10.3. The average Bonchev–Trinajstić information content (AvgIpc) is 2.67. The molecule has 0 saturated carbocycles. The number of rotatable bonds is 6. The second-order valence-electron chi connectivity index (χ2n) is 7.39. The normalized spacial score (nSPS) is 19.5. The van der Waals surface area contributed by atoms with Crippen molar-refractivity contribution in [1.29, 1.82) is 0 Å². The summed E-state index contributed by atoms with van der Waals surface area (Å²) in [5, 5.41) is 3.04. The van der Waals surface area contributed by atoms with Crippen molar-refractivity contribution in [3.63, 3.8) is 0 Å². The smallest absolute Gasteiger partial charge is 0.223 e. The molecule has 0 radical (unpaired) electrons. The molecule has 1 aliphatic carbocycles. The molecule has 1 aromatic rings. The van der Waals surface area contributed by atoms with Crippen molar-refractivity contribution in [2.24, 2.45) is 5.92 Å². The Bertz CT molecular complexity index is 799. The van der Waals surface area contributed by atoms with Gasteiger partial charge < -0.3 is 5.32 Å². The Labute approximate surface area is 170 Å². The van der Waals surface area contributed by atoms with Crippen LogP contribution in [0, 0.1) is 5.92 Å². The van der Waals surface area contributed by atoms with E-state index in [0.29, 0.717) is 32.5 Å². The van der Waals surface area contributed by atoms with E-state index >= 15 is 0 Å². The molecule has 5 nitrogen and oxygen atoms in total. The average molecular weight is 455 g/mol. The number of carbonyl (C=O) groups excluding carboxylic acids is 1. The number of hydrogen-bond donors (Lipinski definition) is 1. The monoisotopic (exact) mass is 454 g/mol. The van der Waals surface area contributed by atoms with Crippen molar-refractivity contribution in [2.75, 3.05) is 19.6 Å². The topological polar surface area (TPSA) is 66.5 Å². The summed E-state index contributed by atoms with van der Waals surface area (Å²) in [4.78, 5) is 12.4. The Kier molecular flexibility index (Phi) is 7.11. The van der Waals surface area contributed by atoms with Crippen LogP contribution >= 0.6 is 15.9 Å². The summed E-state index contributed by atoms with van der Waals surface area (Å²) in [6.07, 6.45) is 8.04. The minimum absolute atomic E-state index is 0.00252. The zero-order valence-electron chi connectivity index (χ0n) is 15.5. The molecule has 0 spiro atoms. The molecule has 0 unspecified atom stereocenters. The van der Waals surface area contributed by atoms with Gasteiger partial charge in [-0.2, -0.15) is 0 Å². The van der Waals surface area contributed by atoms with Crippen LogP contribution in [0.25, 0.3) is 0 Å². The molecule has 2 aliphatic rings. The van der Waals surface area contributed by atoms with E-state index in [1.807, 2.05) is 24.3 Å². The summed E-state index contributed by atoms with van der Waals surface area (Å²) >= 11 is 3.38. The van der Waals surface area contributed by atoms with Gasteiger partial charge in [-0.1, -0.05) is 39.7 Å². The molecule has 1 N–H and O–H groups in total. The molecule has 1 aromatic carbocycles. The molecular weight excluding hydrogens is 428 g/mol. The Hall–Kier alpha value is -1.18. The Morgan fingerprint density at radius 2 is 2.00 bits per heavy atom. The summed E-state index contributed by atoms with van der Waals surface area (Å²) in [6, 6.07) is 7.37. The van der Waals surface area contributed by atoms with Gasteiger partial charge in [0.2, 0.25) is 15.9 Å². The molecule has 1 amide bonds. The number of carbonyl (C=O) groups is 1. The first kappa shape index (κ1) is 20.6. The number of hydrogen-bond acceptors (Lipinski definition) is 3. The lowest BCUT2D eigenvalue weighted by Crippen LogP contribution is -2.43. The van der Waals surface area contributed by atoms with E-state index in [0.717, 1.165) is 22.9 Å². The first-order valence-corrected chi connectivity index (χ1v) is 12.0. The number of halogens is 1. The largest absolute Gasteiger partial charge is 0.352 e. The van der Waals surface area contributed by atoms with Crippen LogP contribution in [0.3, 0.4) is 0 Å². The van der Waals surface area contributed by atoms with Crippen LogP contribution in [0.2, 0.25) is 0 Å². The summed E-state index contributed by atoms with van der Waals surface area (Å²) < 4.78 is 27.8. The van der Waals surface area contributed by atoms with Crippen molar-refractivity contribution < 1.29 is 13.2 Å². The van der Waals surface area contributed by atoms with Crippen LogP contribution in [0.1, 0.15) is 44.1 Å². The molecule has 1 aliphatic heterocycles. The quantitative estimate of drug-likeness (QED) is 0.667. The first-order valence-electron chi connectivity index (χ1n) is 9.62. The van der Waals surface area contributed by atoms with E-state index in [-0.39, 0.29) is 17.6 Å². The third-order valence-corrected chi connectivity index (χ3v) is 7.67. The number of nitrogens with one attached hydrogen (secondary N) is 1. The fourth-order valence-corrected chi connectivity index (χ4v) is 5.73. The lowest BCUT2D eigenvalue weighted by Gasteiger charge is -2.30. The van der Waals surface area contributed by atoms with Gasteiger partial charge in [0.05, 0.1) is 5.75 Å². The minimum Gasteiger partial charge on any atom is -0.352 e. The molecule has 0 aromatic heterocycles. The maximum absolute atomic E-state index is 12.7. The molecule has 1 heterocycles. The number of amides is 1. The lowest BCUT2D eigenvalue weighted by molar-refractivity contribution is -0.125. The standard InChI is InChI=1S/C20H27BrN2O3S/c21-19-8-4-7-17(13-19)15-27(25,26)23-11-9-18(10-12-23)20(24)22-14-16-5-2-1-3-6-16/h4-5,7-8,13,18H,1-3,6,9-12,14-15H2,(H,22,24). The van der Waals surface area contributed by atoms with Crippen molar-refractivity contribution in [1.82, 2.24) is 9.62 Å². The summed E-state index contributed by atoms with van der Waals surface area (Å²) in [5.74, 6) is -0.0331. The summed E-state index contributed by atoms with van der Waals surface area (Å²) in [7, 11) is -3.36. The van der Waals surface area contributed by atoms with Crippen molar-refractivity contribution in [3.8, 4) is 0 Å². The van der Waals surface area contributed by atoms with E-state index < -0.39 is 10.0 Å². The van der Waals surface area contributed by atoms with Crippen LogP contribution in [-0.4, -0.2) is 38.3 Å². The predicted molar refractivity (Wildman–Crippen MR) is 111 cm³/mol. The number of sulfonamides is 1. The molecular formula is C20H27BrN2O3S. The fraction of sp³-hybridized carbons (Fsp3) is 0.550. The SMILES string of the molecule is O=C(NCC1=CCCCC1)C1CCN(S(=O)(=O)Cc2cccc(Br)c2)CC1. The van der Waals surface area contributed by atoms with Gasteiger partial charge >= 0.3 is 0 Å². The van der Waals surface area contributed by atoms with Crippen LogP contribution in [0.15, 0.2) is 40.4 Å². The maximum Gasteiger partial charge on any atom is 0.223 e. The highest BCUT2D eigenvalue weighted by Gasteiger charge is 2.31. The highest BCUT2D eigenvalue weighted by atomic mass is 79.9. The van der Waals surface area contributed by atoms with Gasteiger partial charge in [0.25, 0.3) is 0 Å². The second kappa shape index (κ2) is 9.34. The third kappa shape index (κ3) is 5.90. The van der Waals surface area contributed by atoms with Crippen molar-refractivity contribution >= 4 is 31.9 Å². The number of nitrogens with zero attached hydrogens (tertiary/aromatic N) is 1. The Morgan fingerprint density at radius 1 is 1.22 bits per heavy atom.